The predicted molar refractivity (Wildman–Crippen MR) is 144 cm³/mol. The molecule has 34 heavy (non-hydrogen) atoms. The molecule has 1 aliphatic rings. The smallest absolute Gasteiger partial charge is 0.293 e. The molecule has 5 nitrogen and oxygen atoms in total. The molecule has 0 unspecified atom stereocenters. The van der Waals surface area contributed by atoms with Crippen LogP contribution < -0.4 is 9.47 Å². The minimum atomic E-state index is -0.300. The van der Waals surface area contributed by atoms with E-state index < -0.39 is 0 Å². The van der Waals surface area contributed by atoms with Crippen molar-refractivity contribution in [3.05, 3.63) is 96.4 Å². The Morgan fingerprint density at radius 2 is 1.76 bits per heavy atom. The maximum atomic E-state index is 13.0. The fourth-order valence-corrected chi connectivity index (χ4v) is 5.28. The van der Waals surface area contributed by atoms with Gasteiger partial charge in [0, 0.05) is 10.6 Å². The Balaban J connectivity index is 1.55. The summed E-state index contributed by atoms with van der Waals surface area (Å²) >= 11 is 9.35. The van der Waals surface area contributed by atoms with Crippen LogP contribution in [-0.4, -0.2) is 23.2 Å². The summed E-state index contributed by atoms with van der Waals surface area (Å²) in [5, 5.41) is 0.357. The number of rotatable bonds is 7. The van der Waals surface area contributed by atoms with Gasteiger partial charge < -0.3 is 9.47 Å². The van der Waals surface area contributed by atoms with Crippen molar-refractivity contribution in [3.63, 3.8) is 0 Å². The molecule has 0 radical (unpaired) electrons. The number of methoxy groups -OCH3 is 1. The van der Waals surface area contributed by atoms with E-state index in [0.717, 1.165) is 37.6 Å². The lowest BCUT2D eigenvalue weighted by atomic mass is 10.1. The number of nitrogens with zero attached hydrogens (tertiary/aromatic N) is 1. The van der Waals surface area contributed by atoms with Crippen LogP contribution in [0.15, 0.2) is 65.6 Å². The molecule has 0 bridgehead atoms. The lowest BCUT2D eigenvalue weighted by Crippen LogP contribution is -2.27. The van der Waals surface area contributed by atoms with Crippen LogP contribution in [0.25, 0.3) is 6.08 Å². The van der Waals surface area contributed by atoms with Crippen LogP contribution in [0.2, 0.25) is 5.02 Å². The highest BCUT2D eigenvalue weighted by molar-refractivity contribution is 14.1. The molecule has 1 saturated heterocycles. The molecule has 2 amide bonds. The third kappa shape index (κ3) is 5.42. The Bertz CT molecular complexity index is 1290. The van der Waals surface area contributed by atoms with E-state index in [4.69, 9.17) is 21.1 Å². The van der Waals surface area contributed by atoms with Gasteiger partial charge in [-0.05, 0) is 82.2 Å². The van der Waals surface area contributed by atoms with Gasteiger partial charge in [0.05, 0.1) is 22.1 Å². The molecule has 1 fully saturated rings. The minimum Gasteiger partial charge on any atom is -0.493 e. The van der Waals surface area contributed by atoms with Crippen LogP contribution >= 0.6 is 46.0 Å². The van der Waals surface area contributed by atoms with Crippen molar-refractivity contribution < 1.29 is 19.1 Å². The summed E-state index contributed by atoms with van der Waals surface area (Å²) < 4.78 is 12.4. The van der Waals surface area contributed by atoms with Crippen molar-refractivity contribution >= 4 is 63.2 Å². The molecule has 0 aromatic heterocycles. The number of aryl methyl sites for hydroxylation is 1. The first kappa shape index (κ1) is 24.6. The third-order valence-electron chi connectivity index (χ3n) is 5.34. The number of halogens is 2. The minimum absolute atomic E-state index is 0.254. The average Bonchev–Trinajstić information content (AvgIpc) is 3.07. The second kappa shape index (κ2) is 10.8. The largest absolute Gasteiger partial charge is 0.493 e. The zero-order chi connectivity index (χ0) is 24.2. The number of hydrogen-bond acceptors (Lipinski definition) is 5. The average molecular weight is 606 g/mol. The van der Waals surface area contributed by atoms with Crippen LogP contribution in [0, 0.1) is 10.5 Å². The van der Waals surface area contributed by atoms with Gasteiger partial charge in [-0.2, -0.15) is 0 Å². The number of carbonyl (C=O) groups excluding carboxylic acids is 2. The topological polar surface area (TPSA) is 55.8 Å². The van der Waals surface area contributed by atoms with E-state index in [1.165, 1.54) is 4.90 Å². The third-order valence-corrected chi connectivity index (χ3v) is 7.42. The Morgan fingerprint density at radius 3 is 2.47 bits per heavy atom. The molecular formula is C26H21ClINO4S. The van der Waals surface area contributed by atoms with Gasteiger partial charge in [0.25, 0.3) is 11.1 Å². The highest BCUT2D eigenvalue weighted by atomic mass is 127. The molecule has 4 rings (SSSR count). The second-order valence-electron chi connectivity index (χ2n) is 7.61. The predicted octanol–water partition coefficient (Wildman–Crippen LogP) is 7.08. The lowest BCUT2D eigenvalue weighted by molar-refractivity contribution is -0.123. The highest BCUT2D eigenvalue weighted by Gasteiger charge is 2.35. The molecule has 0 atom stereocenters. The molecule has 0 aliphatic carbocycles. The Kier molecular flexibility index (Phi) is 7.85. The molecule has 3 aromatic rings. The lowest BCUT2D eigenvalue weighted by Gasteiger charge is -2.15. The first-order valence-corrected chi connectivity index (χ1v) is 12.7. The molecule has 0 spiro atoms. The van der Waals surface area contributed by atoms with E-state index in [0.29, 0.717) is 28.0 Å². The van der Waals surface area contributed by atoms with E-state index in [9.17, 15) is 9.59 Å². The van der Waals surface area contributed by atoms with Gasteiger partial charge in [0.15, 0.2) is 11.5 Å². The Hall–Kier alpha value is -2.49. The fraction of sp³-hybridized carbons (Fsp3) is 0.154. The summed E-state index contributed by atoms with van der Waals surface area (Å²) in [6.07, 6.45) is 1.71. The molecular weight excluding hydrogens is 585 g/mol. The number of ether oxygens (including phenoxy) is 2. The number of benzene rings is 3. The zero-order valence-corrected chi connectivity index (χ0v) is 22.2. The van der Waals surface area contributed by atoms with E-state index >= 15 is 0 Å². The van der Waals surface area contributed by atoms with E-state index in [-0.39, 0.29) is 17.7 Å². The van der Waals surface area contributed by atoms with Crippen LogP contribution in [0.5, 0.6) is 11.5 Å². The summed E-state index contributed by atoms with van der Waals surface area (Å²) in [7, 11) is 1.56. The zero-order valence-electron chi connectivity index (χ0n) is 18.5. The van der Waals surface area contributed by atoms with E-state index in [1.807, 2.05) is 61.5 Å². The van der Waals surface area contributed by atoms with Gasteiger partial charge in [-0.3, -0.25) is 14.5 Å². The van der Waals surface area contributed by atoms with Crippen LogP contribution in [-0.2, 0) is 17.9 Å². The van der Waals surface area contributed by atoms with Crippen molar-refractivity contribution in [1.29, 1.82) is 0 Å². The number of amides is 2. The van der Waals surface area contributed by atoms with Crippen molar-refractivity contribution in [2.45, 2.75) is 20.1 Å². The van der Waals surface area contributed by atoms with Crippen LogP contribution in [0.3, 0.4) is 0 Å². The summed E-state index contributed by atoms with van der Waals surface area (Å²) in [6.45, 7) is 2.52. The SMILES string of the molecule is COc1cc(/C=C2\SC(=O)N(Cc3ccccc3C)C2=O)cc(I)c1OCc1ccccc1Cl. The van der Waals surface area contributed by atoms with Gasteiger partial charge in [0.1, 0.15) is 6.61 Å². The number of imide groups is 1. The summed E-state index contributed by atoms with van der Waals surface area (Å²) in [6, 6.07) is 18.9. The molecule has 1 heterocycles. The maximum absolute atomic E-state index is 13.0. The number of carbonyl (C=O) groups is 2. The molecule has 1 aliphatic heterocycles. The van der Waals surface area contributed by atoms with Crippen LogP contribution in [0.1, 0.15) is 22.3 Å². The van der Waals surface area contributed by atoms with Gasteiger partial charge in [-0.25, -0.2) is 0 Å². The van der Waals surface area contributed by atoms with E-state index in [2.05, 4.69) is 22.6 Å². The molecule has 8 heteroatoms. The van der Waals surface area contributed by atoms with Crippen LogP contribution in [0.4, 0.5) is 4.79 Å². The fourth-order valence-electron chi connectivity index (χ4n) is 3.47. The molecule has 174 valence electrons. The molecule has 3 aromatic carbocycles. The summed E-state index contributed by atoms with van der Waals surface area (Å²) in [5.74, 6) is 0.823. The normalized spacial score (nSPS) is 14.7. The van der Waals surface area contributed by atoms with Crippen molar-refractivity contribution in [1.82, 2.24) is 4.90 Å². The second-order valence-corrected chi connectivity index (χ2v) is 10.2. The Labute approximate surface area is 221 Å². The summed E-state index contributed by atoms with van der Waals surface area (Å²) in [5.41, 5.74) is 3.60. The van der Waals surface area contributed by atoms with Crippen molar-refractivity contribution in [2.75, 3.05) is 7.11 Å². The quantitative estimate of drug-likeness (QED) is 0.213. The summed E-state index contributed by atoms with van der Waals surface area (Å²) in [4.78, 5) is 27.2. The number of thioether (sulfide) groups is 1. The van der Waals surface area contributed by atoms with Crippen molar-refractivity contribution in [3.8, 4) is 11.5 Å². The van der Waals surface area contributed by atoms with Gasteiger partial charge >= 0.3 is 0 Å². The maximum Gasteiger partial charge on any atom is 0.293 e. The van der Waals surface area contributed by atoms with Crippen molar-refractivity contribution in [2.24, 2.45) is 0 Å². The highest BCUT2D eigenvalue weighted by Crippen LogP contribution is 2.38. The Morgan fingerprint density at radius 1 is 1.06 bits per heavy atom. The first-order chi connectivity index (χ1) is 16.4. The molecule has 0 N–H and O–H groups in total. The first-order valence-electron chi connectivity index (χ1n) is 10.4. The van der Waals surface area contributed by atoms with Gasteiger partial charge in [-0.1, -0.05) is 54.1 Å². The monoisotopic (exact) mass is 605 g/mol. The standard InChI is InChI=1S/C26H21ClINO4S/c1-16-7-3-4-8-18(16)14-29-25(30)23(34-26(29)31)13-17-11-21(28)24(22(12-17)32-2)33-15-19-9-5-6-10-20(19)27/h3-13H,14-15H2,1-2H3/b23-13-. The molecule has 0 saturated carbocycles. The van der Waals surface area contributed by atoms with Gasteiger partial charge in [-0.15, -0.1) is 0 Å². The van der Waals surface area contributed by atoms with E-state index in [1.54, 1.807) is 19.3 Å². The van der Waals surface area contributed by atoms with Gasteiger partial charge in [0.2, 0.25) is 0 Å². The number of hydrogen-bond donors (Lipinski definition) is 0.